The molecule has 0 saturated heterocycles. The first-order valence-electron chi connectivity index (χ1n) is 9.94. The zero-order chi connectivity index (χ0) is 19.5. The summed E-state index contributed by atoms with van der Waals surface area (Å²) in [6, 6.07) is 31.5. The van der Waals surface area contributed by atoms with Crippen molar-refractivity contribution >= 4 is 0 Å². The lowest BCUT2D eigenvalue weighted by Crippen LogP contribution is -2.49. The molecule has 0 radical (unpaired) electrons. The van der Waals surface area contributed by atoms with E-state index in [9.17, 15) is 10.2 Å². The highest BCUT2D eigenvalue weighted by molar-refractivity contribution is 5.49. The van der Waals surface area contributed by atoms with Crippen LogP contribution in [0.5, 0.6) is 0 Å². The Balaban J connectivity index is 1.87. The van der Waals surface area contributed by atoms with Crippen molar-refractivity contribution in [1.29, 1.82) is 0 Å². The van der Waals surface area contributed by atoms with Crippen molar-refractivity contribution in [3.8, 4) is 0 Å². The Labute approximate surface area is 166 Å². The molecule has 3 N–H and O–H groups in total. The largest absolute Gasteiger partial charge is 0.393 e. The molecule has 3 aromatic carbocycles. The van der Waals surface area contributed by atoms with Crippen LogP contribution in [-0.4, -0.2) is 28.5 Å². The topological polar surface area (TPSA) is 52.5 Å². The fourth-order valence-corrected chi connectivity index (χ4v) is 4.49. The lowest BCUT2D eigenvalue weighted by atomic mass is 9.76. The van der Waals surface area contributed by atoms with Crippen LogP contribution in [0.15, 0.2) is 91.0 Å². The van der Waals surface area contributed by atoms with Crippen molar-refractivity contribution in [3.63, 3.8) is 0 Å². The number of hydrogen-bond donors (Lipinski definition) is 3. The van der Waals surface area contributed by atoms with Gasteiger partial charge in [-0.15, -0.1) is 0 Å². The van der Waals surface area contributed by atoms with Gasteiger partial charge in [0.05, 0.1) is 17.7 Å². The summed E-state index contributed by atoms with van der Waals surface area (Å²) in [7, 11) is 0. The first-order chi connectivity index (χ1) is 13.7. The molecule has 3 heteroatoms. The summed E-state index contributed by atoms with van der Waals surface area (Å²) in [6.45, 7) is -0.194. The summed E-state index contributed by atoms with van der Waals surface area (Å²) in [5, 5.41) is 24.1. The Morgan fingerprint density at radius 1 is 0.786 bits per heavy atom. The van der Waals surface area contributed by atoms with Crippen molar-refractivity contribution in [2.24, 2.45) is 0 Å². The van der Waals surface area contributed by atoms with E-state index in [1.807, 2.05) is 18.2 Å². The van der Waals surface area contributed by atoms with Gasteiger partial charge < -0.3 is 10.2 Å². The predicted molar refractivity (Wildman–Crippen MR) is 112 cm³/mol. The monoisotopic (exact) mass is 373 g/mol. The number of hydrogen-bond acceptors (Lipinski definition) is 3. The van der Waals surface area contributed by atoms with E-state index in [-0.39, 0.29) is 12.6 Å². The van der Waals surface area contributed by atoms with Crippen LogP contribution < -0.4 is 5.32 Å². The molecule has 0 aromatic heterocycles. The molecule has 4 rings (SSSR count). The van der Waals surface area contributed by atoms with Gasteiger partial charge >= 0.3 is 0 Å². The van der Waals surface area contributed by atoms with Crippen molar-refractivity contribution in [2.45, 2.75) is 36.4 Å². The van der Waals surface area contributed by atoms with E-state index in [0.717, 1.165) is 23.1 Å². The molecule has 1 aliphatic carbocycles. The minimum atomic E-state index is -0.993. The Morgan fingerprint density at radius 3 is 1.57 bits per heavy atom. The molecule has 0 spiro atoms. The van der Waals surface area contributed by atoms with Crippen LogP contribution in [0.2, 0.25) is 0 Å². The van der Waals surface area contributed by atoms with Crippen LogP contribution in [0.3, 0.4) is 0 Å². The predicted octanol–water partition coefficient (Wildman–Crippen LogP) is 3.84. The Bertz CT molecular complexity index is 786. The molecule has 0 amide bonds. The molecule has 0 aliphatic heterocycles. The third-order valence-corrected chi connectivity index (χ3v) is 5.92. The first kappa shape index (κ1) is 18.9. The van der Waals surface area contributed by atoms with Gasteiger partial charge in [-0.2, -0.15) is 0 Å². The van der Waals surface area contributed by atoms with E-state index in [1.165, 1.54) is 0 Å². The summed E-state index contributed by atoms with van der Waals surface area (Å²) in [4.78, 5) is 0. The zero-order valence-corrected chi connectivity index (χ0v) is 16.0. The van der Waals surface area contributed by atoms with Crippen molar-refractivity contribution in [1.82, 2.24) is 5.32 Å². The number of rotatable bonds is 6. The molecule has 3 aromatic rings. The molecule has 2 atom stereocenters. The van der Waals surface area contributed by atoms with E-state index < -0.39 is 11.1 Å². The van der Waals surface area contributed by atoms with Gasteiger partial charge in [-0.25, -0.2) is 0 Å². The Morgan fingerprint density at radius 2 is 1.21 bits per heavy atom. The number of nitrogens with one attached hydrogen (secondary N) is 1. The van der Waals surface area contributed by atoms with Gasteiger partial charge in [0.15, 0.2) is 0 Å². The molecule has 0 bridgehead atoms. The Hall–Kier alpha value is -2.46. The van der Waals surface area contributed by atoms with Gasteiger partial charge in [0, 0.05) is 6.04 Å². The second-order valence-electron chi connectivity index (χ2n) is 7.81. The van der Waals surface area contributed by atoms with Gasteiger partial charge in [0.25, 0.3) is 0 Å². The lowest BCUT2D eigenvalue weighted by Gasteiger charge is -2.39. The van der Waals surface area contributed by atoms with Gasteiger partial charge in [-0.3, -0.25) is 5.32 Å². The van der Waals surface area contributed by atoms with E-state index in [2.05, 4.69) is 78.1 Å². The summed E-state index contributed by atoms with van der Waals surface area (Å²) in [5.41, 5.74) is 1.95. The zero-order valence-electron chi connectivity index (χ0n) is 16.0. The highest BCUT2D eigenvalue weighted by Crippen LogP contribution is 2.40. The fraction of sp³-hybridized carbons (Fsp3) is 0.280. The highest BCUT2D eigenvalue weighted by Gasteiger charge is 2.43. The quantitative estimate of drug-likeness (QED) is 0.576. The molecule has 1 saturated carbocycles. The second-order valence-corrected chi connectivity index (χ2v) is 7.81. The van der Waals surface area contributed by atoms with Crippen LogP contribution >= 0.6 is 0 Å². The molecule has 1 unspecified atom stereocenters. The third-order valence-electron chi connectivity index (χ3n) is 5.92. The SMILES string of the molecule is OC[C@]1(O)CCC(NC(c2ccccc2)(c2ccccc2)c2ccccc2)C1. The third kappa shape index (κ3) is 3.49. The van der Waals surface area contributed by atoms with Crippen LogP contribution in [0, 0.1) is 0 Å². The normalized spacial score (nSPS) is 22.3. The lowest BCUT2D eigenvalue weighted by molar-refractivity contribution is -0.0102. The second kappa shape index (κ2) is 7.88. The molecule has 144 valence electrons. The summed E-state index contributed by atoms with van der Waals surface area (Å²) < 4.78 is 0. The first-order valence-corrected chi connectivity index (χ1v) is 9.94. The maximum absolute atomic E-state index is 10.6. The van der Waals surface area contributed by atoms with Crippen molar-refractivity contribution in [2.75, 3.05) is 6.61 Å². The van der Waals surface area contributed by atoms with Crippen LogP contribution in [-0.2, 0) is 5.54 Å². The Kier molecular flexibility index (Phi) is 5.31. The molecule has 3 nitrogen and oxygen atoms in total. The van der Waals surface area contributed by atoms with E-state index in [4.69, 9.17) is 0 Å². The standard InChI is InChI=1S/C25H27NO2/c27-19-24(28)17-16-23(18-24)26-25(20-10-4-1-5-11-20,21-12-6-2-7-13-21)22-14-8-3-9-15-22/h1-15,23,26-28H,16-19H2/t23?,24-/m0/s1. The summed E-state index contributed by atoms with van der Waals surface area (Å²) in [6.07, 6.45) is 1.97. The summed E-state index contributed by atoms with van der Waals surface area (Å²) in [5.74, 6) is 0. The number of benzene rings is 3. The minimum Gasteiger partial charge on any atom is -0.393 e. The van der Waals surface area contributed by atoms with E-state index >= 15 is 0 Å². The number of aliphatic hydroxyl groups excluding tert-OH is 1. The maximum Gasteiger partial charge on any atom is 0.0950 e. The van der Waals surface area contributed by atoms with Crippen LogP contribution in [0.1, 0.15) is 36.0 Å². The van der Waals surface area contributed by atoms with Crippen molar-refractivity contribution < 1.29 is 10.2 Å². The van der Waals surface area contributed by atoms with E-state index in [0.29, 0.717) is 12.8 Å². The molecule has 1 aliphatic rings. The highest BCUT2D eigenvalue weighted by atomic mass is 16.3. The summed E-state index contributed by atoms with van der Waals surface area (Å²) >= 11 is 0. The molecule has 0 heterocycles. The molecular weight excluding hydrogens is 346 g/mol. The maximum atomic E-state index is 10.6. The van der Waals surface area contributed by atoms with Crippen LogP contribution in [0.25, 0.3) is 0 Å². The molecule has 28 heavy (non-hydrogen) atoms. The average molecular weight is 373 g/mol. The number of aliphatic hydroxyl groups is 2. The van der Waals surface area contributed by atoms with E-state index in [1.54, 1.807) is 0 Å². The average Bonchev–Trinajstić information content (AvgIpc) is 3.15. The van der Waals surface area contributed by atoms with Gasteiger partial charge in [-0.05, 0) is 36.0 Å². The fourth-order valence-electron chi connectivity index (χ4n) is 4.49. The smallest absolute Gasteiger partial charge is 0.0950 e. The van der Waals surface area contributed by atoms with Crippen LogP contribution in [0.4, 0.5) is 0 Å². The van der Waals surface area contributed by atoms with Gasteiger partial charge in [0.1, 0.15) is 0 Å². The molecular formula is C25H27NO2. The van der Waals surface area contributed by atoms with Crippen molar-refractivity contribution in [3.05, 3.63) is 108 Å². The minimum absolute atomic E-state index is 0.0952. The molecule has 1 fully saturated rings. The van der Waals surface area contributed by atoms with Gasteiger partial charge in [0.2, 0.25) is 0 Å². The van der Waals surface area contributed by atoms with Gasteiger partial charge in [-0.1, -0.05) is 91.0 Å².